The fraction of sp³-hybridized carbons (Fsp3) is 0.545. The molecule has 3 heteroatoms. The lowest BCUT2D eigenvalue weighted by atomic mass is 9.94. The van der Waals surface area contributed by atoms with Crippen molar-refractivity contribution in [2.75, 3.05) is 26.7 Å². The fourth-order valence-electron chi connectivity index (χ4n) is 5.18. The molecular weight excluding hydrogens is 306 g/mol. The number of H-pyrrole nitrogens is 1. The van der Waals surface area contributed by atoms with Gasteiger partial charge in [-0.2, -0.15) is 0 Å². The van der Waals surface area contributed by atoms with Gasteiger partial charge in [-0.05, 0) is 87.5 Å². The topological polar surface area (TPSA) is 22.3 Å². The first-order chi connectivity index (χ1) is 12.3. The van der Waals surface area contributed by atoms with Gasteiger partial charge >= 0.3 is 0 Å². The summed E-state index contributed by atoms with van der Waals surface area (Å²) in [5, 5.41) is 1.44. The van der Waals surface area contributed by atoms with Gasteiger partial charge in [-0.1, -0.05) is 12.1 Å². The van der Waals surface area contributed by atoms with Crippen molar-refractivity contribution in [1.82, 2.24) is 14.8 Å². The zero-order valence-electron chi connectivity index (χ0n) is 15.3. The number of nitrogens with zero attached hydrogens (tertiary/aromatic N) is 2. The molecule has 3 aliphatic rings. The van der Waals surface area contributed by atoms with Gasteiger partial charge in [0.2, 0.25) is 0 Å². The van der Waals surface area contributed by atoms with Crippen LogP contribution >= 0.6 is 0 Å². The standard InChI is InChI=1S/C22H29N3/c1-24-9-2-4-19(24)13-18-15-23-22-7-6-16(14-21(18)22)17-8-11-25-10-3-5-20(25)12-17/h6-7,12,14-15,19-20,23H,2-5,8-11,13H2,1H3/t19-,20+/m0/s1. The first-order valence-electron chi connectivity index (χ1n) is 10.0. The predicted molar refractivity (Wildman–Crippen MR) is 105 cm³/mol. The number of hydrogen-bond donors (Lipinski definition) is 1. The lowest BCUT2D eigenvalue weighted by molar-refractivity contribution is 0.288. The Labute approximate surface area is 150 Å². The van der Waals surface area contributed by atoms with Crippen LogP contribution in [0.15, 0.2) is 30.5 Å². The fourth-order valence-corrected chi connectivity index (χ4v) is 5.18. The van der Waals surface area contributed by atoms with E-state index in [1.54, 1.807) is 5.57 Å². The van der Waals surface area contributed by atoms with Crippen molar-refractivity contribution in [2.24, 2.45) is 0 Å². The highest BCUT2D eigenvalue weighted by atomic mass is 15.2. The van der Waals surface area contributed by atoms with E-state index in [1.165, 1.54) is 80.2 Å². The third-order valence-corrected chi connectivity index (χ3v) is 6.74. The summed E-state index contributed by atoms with van der Waals surface area (Å²) >= 11 is 0. The first kappa shape index (κ1) is 15.7. The second-order valence-corrected chi connectivity index (χ2v) is 8.24. The maximum absolute atomic E-state index is 3.50. The summed E-state index contributed by atoms with van der Waals surface area (Å²) in [6.07, 6.45) is 12.6. The van der Waals surface area contributed by atoms with Crippen LogP contribution in [-0.2, 0) is 6.42 Å². The van der Waals surface area contributed by atoms with Crippen LogP contribution in [0.5, 0.6) is 0 Å². The Kier molecular flexibility index (Phi) is 3.94. The summed E-state index contributed by atoms with van der Waals surface area (Å²) in [4.78, 5) is 8.68. The number of fused-ring (bicyclic) bond motifs is 2. The SMILES string of the molecule is CN1CCC[C@H]1Cc1c[nH]c2ccc(C3=C[C@H]4CCCN4CC3)cc12. The average Bonchev–Trinajstić information content (AvgIpc) is 3.35. The highest BCUT2D eigenvalue weighted by molar-refractivity contribution is 5.87. The van der Waals surface area contributed by atoms with Crippen LogP contribution < -0.4 is 0 Å². The lowest BCUT2D eigenvalue weighted by Crippen LogP contribution is -2.32. The van der Waals surface area contributed by atoms with E-state index in [9.17, 15) is 0 Å². The van der Waals surface area contributed by atoms with E-state index in [1.807, 2.05) is 0 Å². The Morgan fingerprint density at radius 1 is 1.12 bits per heavy atom. The number of rotatable bonds is 3. The van der Waals surface area contributed by atoms with E-state index in [2.05, 4.69) is 52.3 Å². The van der Waals surface area contributed by atoms with E-state index in [-0.39, 0.29) is 0 Å². The zero-order valence-corrected chi connectivity index (χ0v) is 15.3. The van der Waals surface area contributed by atoms with Crippen molar-refractivity contribution >= 4 is 16.5 Å². The molecule has 2 aromatic rings. The Hall–Kier alpha value is -1.58. The smallest absolute Gasteiger partial charge is 0.0457 e. The van der Waals surface area contributed by atoms with E-state index >= 15 is 0 Å². The molecule has 3 aliphatic heterocycles. The van der Waals surface area contributed by atoms with Crippen LogP contribution in [0.1, 0.15) is 43.2 Å². The molecule has 0 aliphatic carbocycles. The maximum atomic E-state index is 3.50. The second-order valence-electron chi connectivity index (χ2n) is 8.24. The van der Waals surface area contributed by atoms with Gasteiger partial charge in [0, 0.05) is 35.7 Å². The maximum Gasteiger partial charge on any atom is 0.0457 e. The second kappa shape index (κ2) is 6.30. The van der Waals surface area contributed by atoms with Crippen LogP contribution in [0.25, 0.3) is 16.5 Å². The molecular formula is C22H29N3. The number of aromatic nitrogens is 1. The van der Waals surface area contributed by atoms with Crippen molar-refractivity contribution in [3.8, 4) is 0 Å². The van der Waals surface area contributed by atoms with E-state index in [0.717, 1.165) is 0 Å². The van der Waals surface area contributed by atoms with Gasteiger partial charge in [0.15, 0.2) is 0 Å². The number of aromatic amines is 1. The van der Waals surface area contributed by atoms with Gasteiger partial charge in [0.25, 0.3) is 0 Å². The number of hydrogen-bond acceptors (Lipinski definition) is 2. The normalized spacial score (nSPS) is 27.8. The zero-order chi connectivity index (χ0) is 16.8. The van der Waals surface area contributed by atoms with Gasteiger partial charge in [0.05, 0.1) is 0 Å². The largest absolute Gasteiger partial charge is 0.361 e. The molecule has 4 heterocycles. The summed E-state index contributed by atoms with van der Waals surface area (Å²) < 4.78 is 0. The van der Waals surface area contributed by atoms with Crippen molar-refractivity contribution in [3.05, 3.63) is 41.6 Å². The van der Waals surface area contributed by atoms with Crippen LogP contribution in [0, 0.1) is 0 Å². The third kappa shape index (κ3) is 2.84. The Bertz CT molecular complexity index is 803. The van der Waals surface area contributed by atoms with Crippen molar-refractivity contribution < 1.29 is 0 Å². The molecule has 5 rings (SSSR count). The monoisotopic (exact) mass is 335 g/mol. The summed E-state index contributed by atoms with van der Waals surface area (Å²) in [6, 6.07) is 8.46. The summed E-state index contributed by atoms with van der Waals surface area (Å²) in [5.74, 6) is 0. The highest BCUT2D eigenvalue weighted by Crippen LogP contribution is 2.33. The quantitative estimate of drug-likeness (QED) is 0.914. The molecule has 1 aromatic carbocycles. The van der Waals surface area contributed by atoms with Crippen LogP contribution in [0.4, 0.5) is 0 Å². The van der Waals surface area contributed by atoms with Gasteiger partial charge in [0.1, 0.15) is 0 Å². The Morgan fingerprint density at radius 2 is 2.04 bits per heavy atom. The number of nitrogens with one attached hydrogen (secondary N) is 1. The molecule has 25 heavy (non-hydrogen) atoms. The van der Waals surface area contributed by atoms with Gasteiger partial charge in [-0.15, -0.1) is 0 Å². The molecule has 0 bridgehead atoms. The minimum absolute atomic E-state index is 0.692. The number of likely N-dealkylation sites (tertiary alicyclic amines) is 1. The highest BCUT2D eigenvalue weighted by Gasteiger charge is 2.27. The third-order valence-electron chi connectivity index (χ3n) is 6.74. The average molecular weight is 335 g/mol. The van der Waals surface area contributed by atoms with Crippen LogP contribution in [0.2, 0.25) is 0 Å². The molecule has 3 nitrogen and oxygen atoms in total. The van der Waals surface area contributed by atoms with E-state index in [0.29, 0.717) is 12.1 Å². The molecule has 1 N–H and O–H groups in total. The number of likely N-dealkylation sites (N-methyl/N-ethyl adjacent to an activating group) is 1. The first-order valence-corrected chi connectivity index (χ1v) is 10.0. The van der Waals surface area contributed by atoms with Crippen molar-refractivity contribution in [2.45, 2.75) is 50.6 Å². The van der Waals surface area contributed by atoms with Crippen LogP contribution in [-0.4, -0.2) is 53.5 Å². The van der Waals surface area contributed by atoms with E-state index in [4.69, 9.17) is 0 Å². The Balaban J connectivity index is 1.45. The lowest BCUT2D eigenvalue weighted by Gasteiger charge is -2.28. The van der Waals surface area contributed by atoms with E-state index < -0.39 is 0 Å². The van der Waals surface area contributed by atoms with Crippen molar-refractivity contribution in [3.63, 3.8) is 0 Å². The van der Waals surface area contributed by atoms with Gasteiger partial charge < -0.3 is 9.88 Å². The molecule has 2 saturated heterocycles. The minimum atomic E-state index is 0.692. The molecule has 2 fully saturated rings. The van der Waals surface area contributed by atoms with Crippen LogP contribution in [0.3, 0.4) is 0 Å². The molecule has 2 atom stereocenters. The molecule has 0 saturated carbocycles. The molecule has 1 aromatic heterocycles. The van der Waals surface area contributed by atoms with Gasteiger partial charge in [-0.25, -0.2) is 0 Å². The predicted octanol–water partition coefficient (Wildman–Crippen LogP) is 4.06. The minimum Gasteiger partial charge on any atom is -0.361 e. The summed E-state index contributed by atoms with van der Waals surface area (Å²) in [6.45, 7) is 3.79. The molecule has 132 valence electrons. The number of benzene rings is 1. The summed E-state index contributed by atoms with van der Waals surface area (Å²) in [7, 11) is 2.28. The van der Waals surface area contributed by atoms with Gasteiger partial charge in [-0.3, -0.25) is 4.90 Å². The molecule has 0 radical (unpaired) electrons. The molecule has 0 spiro atoms. The summed E-state index contributed by atoms with van der Waals surface area (Å²) in [5.41, 5.74) is 5.79. The Morgan fingerprint density at radius 3 is 2.92 bits per heavy atom. The molecule has 0 amide bonds. The molecule has 0 unspecified atom stereocenters. The van der Waals surface area contributed by atoms with Crippen molar-refractivity contribution in [1.29, 1.82) is 0 Å².